The predicted octanol–water partition coefficient (Wildman–Crippen LogP) is 2.41. The highest BCUT2D eigenvalue weighted by Gasteiger charge is 2.18. The SMILES string of the molecule is CCNC1CCN(c2ccc([O])cc2)CC1. The van der Waals surface area contributed by atoms with Gasteiger partial charge in [-0.15, -0.1) is 0 Å². The highest BCUT2D eigenvalue weighted by Crippen LogP contribution is 2.22. The molecule has 3 nitrogen and oxygen atoms in total. The summed E-state index contributed by atoms with van der Waals surface area (Å²) in [6.07, 6.45) is 2.37. The predicted molar refractivity (Wildman–Crippen MR) is 65.5 cm³/mol. The number of rotatable bonds is 3. The minimum Gasteiger partial charge on any atom is -0.371 e. The molecule has 1 N–H and O–H groups in total. The Hall–Kier alpha value is -1.22. The van der Waals surface area contributed by atoms with Crippen LogP contribution in [0.3, 0.4) is 0 Å². The molecule has 1 aliphatic rings. The van der Waals surface area contributed by atoms with Gasteiger partial charge in [0.25, 0.3) is 0 Å². The molecule has 87 valence electrons. The monoisotopic (exact) mass is 219 g/mol. The Morgan fingerprint density at radius 2 is 1.88 bits per heavy atom. The number of nitrogens with zero attached hydrogens (tertiary/aromatic N) is 1. The van der Waals surface area contributed by atoms with Crippen LogP contribution in [0, 0.1) is 0 Å². The Morgan fingerprint density at radius 3 is 2.44 bits per heavy atom. The summed E-state index contributed by atoms with van der Waals surface area (Å²) in [5, 5.41) is 14.5. The lowest BCUT2D eigenvalue weighted by atomic mass is 10.0. The third-order valence-corrected chi connectivity index (χ3v) is 3.19. The first-order chi connectivity index (χ1) is 7.79. The third kappa shape index (κ3) is 2.67. The Balaban J connectivity index is 1.91. The van der Waals surface area contributed by atoms with Crippen molar-refractivity contribution in [2.75, 3.05) is 24.5 Å². The Bertz CT molecular complexity index is 315. The van der Waals surface area contributed by atoms with Gasteiger partial charge in [0.05, 0.1) is 0 Å². The van der Waals surface area contributed by atoms with Crippen LogP contribution in [0.4, 0.5) is 5.69 Å². The zero-order valence-corrected chi connectivity index (χ0v) is 9.78. The normalized spacial score (nSPS) is 17.7. The molecule has 2 rings (SSSR count). The molecule has 0 atom stereocenters. The fraction of sp³-hybridized carbons (Fsp3) is 0.538. The molecule has 1 aromatic rings. The van der Waals surface area contributed by atoms with E-state index in [1.54, 1.807) is 12.1 Å². The van der Waals surface area contributed by atoms with Crippen LogP contribution in [0.5, 0.6) is 5.75 Å². The molecule has 16 heavy (non-hydrogen) atoms. The van der Waals surface area contributed by atoms with Crippen molar-refractivity contribution in [3.05, 3.63) is 24.3 Å². The van der Waals surface area contributed by atoms with Crippen molar-refractivity contribution in [2.24, 2.45) is 0 Å². The molecule has 3 heteroatoms. The standard InChI is InChI=1S/C13H19N2O/c1-2-14-11-7-9-15(10-8-11)12-3-5-13(16)6-4-12/h3-6,11,14H,2,7-10H2,1H3. The van der Waals surface area contributed by atoms with E-state index in [-0.39, 0.29) is 5.75 Å². The smallest absolute Gasteiger partial charge is 0.178 e. The molecule has 0 saturated carbocycles. The van der Waals surface area contributed by atoms with Crippen molar-refractivity contribution in [1.82, 2.24) is 5.32 Å². The van der Waals surface area contributed by atoms with Gasteiger partial charge in [-0.25, -0.2) is 0 Å². The average Bonchev–Trinajstić information content (AvgIpc) is 2.32. The zero-order valence-electron chi connectivity index (χ0n) is 9.78. The van der Waals surface area contributed by atoms with Gasteiger partial charge >= 0.3 is 0 Å². The van der Waals surface area contributed by atoms with Crippen LogP contribution in [0.2, 0.25) is 0 Å². The number of anilines is 1. The molecule has 0 aliphatic carbocycles. The van der Waals surface area contributed by atoms with Crippen molar-refractivity contribution in [3.8, 4) is 5.75 Å². The van der Waals surface area contributed by atoms with E-state index in [1.807, 2.05) is 12.1 Å². The van der Waals surface area contributed by atoms with Crippen molar-refractivity contribution >= 4 is 5.69 Å². The Kier molecular flexibility index (Phi) is 3.67. The lowest BCUT2D eigenvalue weighted by Gasteiger charge is -2.33. The van der Waals surface area contributed by atoms with E-state index in [9.17, 15) is 5.11 Å². The van der Waals surface area contributed by atoms with Gasteiger partial charge in [-0.3, -0.25) is 5.11 Å². The first kappa shape index (κ1) is 11.3. The third-order valence-electron chi connectivity index (χ3n) is 3.19. The maximum Gasteiger partial charge on any atom is 0.178 e. The fourth-order valence-corrected chi connectivity index (χ4v) is 2.29. The number of nitrogens with one attached hydrogen (secondary N) is 1. The van der Waals surface area contributed by atoms with Gasteiger partial charge in [-0.1, -0.05) is 6.92 Å². The van der Waals surface area contributed by atoms with Crippen LogP contribution in [0.15, 0.2) is 24.3 Å². The Morgan fingerprint density at radius 1 is 1.25 bits per heavy atom. The molecule has 0 bridgehead atoms. The molecule has 1 saturated heterocycles. The Labute approximate surface area is 97.1 Å². The van der Waals surface area contributed by atoms with E-state index in [4.69, 9.17) is 0 Å². The minimum absolute atomic E-state index is 0.0892. The molecule has 0 aromatic heterocycles. The van der Waals surface area contributed by atoms with Gasteiger partial charge in [-0.2, -0.15) is 0 Å². The highest BCUT2D eigenvalue weighted by atomic mass is 16.3. The minimum atomic E-state index is 0.0892. The summed E-state index contributed by atoms with van der Waals surface area (Å²) in [6, 6.07) is 7.81. The maximum absolute atomic E-state index is 11.0. The molecule has 1 aromatic carbocycles. The van der Waals surface area contributed by atoms with Gasteiger partial charge in [0.2, 0.25) is 0 Å². The van der Waals surface area contributed by atoms with E-state index >= 15 is 0 Å². The van der Waals surface area contributed by atoms with Crippen molar-refractivity contribution in [2.45, 2.75) is 25.8 Å². The van der Waals surface area contributed by atoms with Crippen LogP contribution >= 0.6 is 0 Å². The maximum atomic E-state index is 11.0. The van der Waals surface area contributed by atoms with Gasteiger partial charge in [0.15, 0.2) is 5.75 Å². The van der Waals surface area contributed by atoms with Gasteiger partial charge in [0.1, 0.15) is 0 Å². The van der Waals surface area contributed by atoms with E-state index in [0.29, 0.717) is 6.04 Å². The van der Waals surface area contributed by atoms with Crippen LogP contribution in [-0.2, 0) is 5.11 Å². The highest BCUT2D eigenvalue weighted by molar-refractivity contribution is 5.49. The van der Waals surface area contributed by atoms with Crippen LogP contribution in [0.25, 0.3) is 0 Å². The summed E-state index contributed by atoms with van der Waals surface area (Å²) in [5.74, 6) is 0.0892. The van der Waals surface area contributed by atoms with E-state index < -0.39 is 0 Å². The molecule has 0 unspecified atom stereocenters. The molecular weight excluding hydrogens is 200 g/mol. The lowest BCUT2D eigenvalue weighted by Crippen LogP contribution is -2.42. The summed E-state index contributed by atoms with van der Waals surface area (Å²) in [4.78, 5) is 2.35. The topological polar surface area (TPSA) is 35.2 Å². The fourth-order valence-electron chi connectivity index (χ4n) is 2.29. The first-order valence-corrected chi connectivity index (χ1v) is 6.05. The van der Waals surface area contributed by atoms with E-state index in [1.165, 1.54) is 18.5 Å². The number of benzene rings is 1. The van der Waals surface area contributed by atoms with Gasteiger partial charge < -0.3 is 10.2 Å². The van der Waals surface area contributed by atoms with Crippen molar-refractivity contribution in [1.29, 1.82) is 0 Å². The second-order valence-corrected chi connectivity index (χ2v) is 4.31. The number of hydrogen-bond donors (Lipinski definition) is 1. The molecular formula is C13H19N2O. The lowest BCUT2D eigenvalue weighted by molar-refractivity contribution is 0.355. The van der Waals surface area contributed by atoms with Crippen LogP contribution in [-0.4, -0.2) is 25.7 Å². The number of hydrogen-bond acceptors (Lipinski definition) is 2. The molecule has 1 heterocycles. The summed E-state index contributed by atoms with van der Waals surface area (Å²) in [7, 11) is 0. The average molecular weight is 219 g/mol. The van der Waals surface area contributed by atoms with Crippen LogP contribution < -0.4 is 10.2 Å². The van der Waals surface area contributed by atoms with E-state index in [0.717, 1.165) is 19.6 Å². The zero-order chi connectivity index (χ0) is 11.4. The quantitative estimate of drug-likeness (QED) is 0.847. The molecule has 1 radical (unpaired) electrons. The molecule has 0 spiro atoms. The number of piperidine rings is 1. The second-order valence-electron chi connectivity index (χ2n) is 4.31. The van der Waals surface area contributed by atoms with Gasteiger partial charge in [0, 0.05) is 24.8 Å². The van der Waals surface area contributed by atoms with Gasteiger partial charge in [-0.05, 0) is 43.7 Å². The molecule has 0 amide bonds. The second kappa shape index (κ2) is 5.21. The summed E-state index contributed by atoms with van der Waals surface area (Å²) in [5.41, 5.74) is 1.18. The summed E-state index contributed by atoms with van der Waals surface area (Å²) >= 11 is 0. The van der Waals surface area contributed by atoms with Crippen molar-refractivity contribution in [3.63, 3.8) is 0 Å². The molecule has 1 aliphatic heterocycles. The first-order valence-electron chi connectivity index (χ1n) is 6.05. The van der Waals surface area contributed by atoms with E-state index in [2.05, 4.69) is 17.1 Å². The van der Waals surface area contributed by atoms with Crippen molar-refractivity contribution < 1.29 is 5.11 Å². The summed E-state index contributed by atoms with van der Waals surface area (Å²) < 4.78 is 0. The molecule has 1 fully saturated rings. The largest absolute Gasteiger partial charge is 0.371 e. The summed E-state index contributed by atoms with van der Waals surface area (Å²) in [6.45, 7) is 5.36. The van der Waals surface area contributed by atoms with Crippen LogP contribution in [0.1, 0.15) is 19.8 Å².